The molecule has 0 N–H and O–H groups in total. The van der Waals surface area contributed by atoms with Gasteiger partial charge in [0, 0.05) is 0 Å². The normalized spacial score (nSPS) is 13.2. The Morgan fingerprint density at radius 3 is 1.08 bits per heavy atom. The van der Waals surface area contributed by atoms with E-state index in [1.807, 2.05) is 0 Å². The first-order valence-corrected chi connectivity index (χ1v) is 20.7. The Balaban J connectivity index is 0.947. The highest BCUT2D eigenvalue weighted by atomic mass is 14.5. The first kappa shape index (κ1) is 32.5. The van der Waals surface area contributed by atoms with Crippen LogP contribution in [0.2, 0.25) is 0 Å². The highest BCUT2D eigenvalue weighted by Crippen LogP contribution is 2.63. The molecule has 59 heavy (non-hydrogen) atoms. The van der Waals surface area contributed by atoms with E-state index >= 15 is 0 Å². The van der Waals surface area contributed by atoms with E-state index in [4.69, 9.17) is 0 Å². The summed E-state index contributed by atoms with van der Waals surface area (Å²) >= 11 is 0. The molecule has 0 heteroatoms. The molecule has 11 aromatic rings. The molecule has 13 rings (SSSR count). The van der Waals surface area contributed by atoms with E-state index in [0.29, 0.717) is 0 Å². The van der Waals surface area contributed by atoms with Gasteiger partial charge in [-0.2, -0.15) is 0 Å². The van der Waals surface area contributed by atoms with Crippen LogP contribution in [0.15, 0.2) is 218 Å². The Hall–Kier alpha value is -7.54. The highest BCUT2D eigenvalue weighted by molar-refractivity contribution is 6.27. The molecule has 0 fully saturated rings. The number of rotatable bonds is 4. The molecular weight excluding hydrogens is 709 g/mol. The molecule has 0 unspecified atom stereocenters. The van der Waals surface area contributed by atoms with Gasteiger partial charge in [-0.1, -0.05) is 212 Å². The highest BCUT2D eigenvalue weighted by Gasteiger charge is 2.51. The maximum Gasteiger partial charge on any atom is 0.0725 e. The molecule has 0 radical (unpaired) electrons. The average molecular weight is 745 g/mol. The van der Waals surface area contributed by atoms with Gasteiger partial charge in [0.2, 0.25) is 0 Å². The molecule has 0 aromatic heterocycles. The molecular formula is C59H36. The number of hydrogen-bond acceptors (Lipinski definition) is 0. The molecule has 1 spiro atoms. The fourth-order valence-corrected chi connectivity index (χ4v) is 10.9. The molecule has 2 aliphatic carbocycles. The number of hydrogen-bond donors (Lipinski definition) is 0. The van der Waals surface area contributed by atoms with E-state index in [9.17, 15) is 0 Å². The Labute approximate surface area is 343 Å². The van der Waals surface area contributed by atoms with Gasteiger partial charge in [-0.25, -0.2) is 0 Å². The minimum Gasteiger partial charge on any atom is -0.0622 e. The summed E-state index contributed by atoms with van der Waals surface area (Å²) in [6, 6.07) is 81.7. The van der Waals surface area contributed by atoms with Crippen LogP contribution in [0.1, 0.15) is 22.3 Å². The minimum atomic E-state index is -0.366. The Bertz CT molecular complexity index is 3400. The SMILES string of the molecule is c1ccc(-c2ccc(-c3ccc(-c4ccc5ccc6c(-c7ccc8c(c7)C7(c9ccccc9-c9ccccc97)c7ccccc7-8)ccc7ccc4c5c76)cc3)cc2)cc1. The quantitative estimate of drug-likeness (QED) is 0.157. The third kappa shape index (κ3) is 4.49. The van der Waals surface area contributed by atoms with E-state index in [1.165, 1.54) is 121 Å². The second-order valence-electron chi connectivity index (χ2n) is 16.3. The van der Waals surface area contributed by atoms with Crippen molar-refractivity contribution in [3.63, 3.8) is 0 Å². The molecule has 0 atom stereocenters. The van der Waals surface area contributed by atoms with Gasteiger partial charge in [0.05, 0.1) is 5.41 Å². The predicted octanol–water partition coefficient (Wildman–Crippen LogP) is 15.6. The smallest absolute Gasteiger partial charge is 0.0622 e. The lowest BCUT2D eigenvalue weighted by Gasteiger charge is -2.30. The van der Waals surface area contributed by atoms with Crippen LogP contribution in [-0.2, 0) is 5.41 Å². The van der Waals surface area contributed by atoms with Crippen LogP contribution in [0.25, 0.3) is 99.1 Å². The molecule has 0 bridgehead atoms. The lowest BCUT2D eigenvalue weighted by atomic mass is 9.70. The summed E-state index contributed by atoms with van der Waals surface area (Å²) in [5.41, 5.74) is 20.4. The van der Waals surface area contributed by atoms with Gasteiger partial charge in [-0.3, -0.25) is 0 Å². The van der Waals surface area contributed by atoms with Gasteiger partial charge in [-0.15, -0.1) is 0 Å². The van der Waals surface area contributed by atoms with Gasteiger partial charge >= 0.3 is 0 Å². The van der Waals surface area contributed by atoms with Gasteiger partial charge < -0.3 is 0 Å². The summed E-state index contributed by atoms with van der Waals surface area (Å²) in [5, 5.41) is 7.81. The predicted molar refractivity (Wildman–Crippen MR) is 248 cm³/mol. The van der Waals surface area contributed by atoms with E-state index < -0.39 is 0 Å². The van der Waals surface area contributed by atoms with E-state index in [-0.39, 0.29) is 5.41 Å². The van der Waals surface area contributed by atoms with Crippen LogP contribution in [0.3, 0.4) is 0 Å². The van der Waals surface area contributed by atoms with Crippen LogP contribution in [0.4, 0.5) is 0 Å². The maximum absolute atomic E-state index is 2.52. The van der Waals surface area contributed by atoms with Crippen molar-refractivity contribution in [2.45, 2.75) is 5.41 Å². The van der Waals surface area contributed by atoms with E-state index in [1.54, 1.807) is 0 Å². The fourth-order valence-electron chi connectivity index (χ4n) is 10.9. The molecule has 0 aliphatic heterocycles. The van der Waals surface area contributed by atoms with Crippen molar-refractivity contribution in [3.8, 4) is 66.8 Å². The van der Waals surface area contributed by atoms with Crippen LogP contribution in [0, 0.1) is 0 Å². The van der Waals surface area contributed by atoms with Crippen molar-refractivity contribution in [2.24, 2.45) is 0 Å². The zero-order valence-corrected chi connectivity index (χ0v) is 32.3. The maximum atomic E-state index is 2.52. The Morgan fingerprint density at radius 1 is 0.220 bits per heavy atom. The largest absolute Gasteiger partial charge is 0.0725 e. The van der Waals surface area contributed by atoms with Gasteiger partial charge in [0.15, 0.2) is 0 Å². The van der Waals surface area contributed by atoms with Crippen LogP contribution in [-0.4, -0.2) is 0 Å². The van der Waals surface area contributed by atoms with Crippen molar-refractivity contribution < 1.29 is 0 Å². The molecule has 11 aromatic carbocycles. The zero-order valence-electron chi connectivity index (χ0n) is 32.3. The monoisotopic (exact) mass is 744 g/mol. The number of benzene rings is 11. The standard InChI is InChI=1S/C59H36/c1-2-10-37(11-3-1)38-18-20-39(21-19-38)40-22-24-41(25-23-40)45-31-26-42-29-35-52-46(32-27-43-28-34-51(45)57(42)58(43)52)44-30-33-50-49-14-6-9-17-55(49)59(56(50)36-44)53-15-7-4-12-47(53)48-13-5-8-16-54(48)59/h1-36H. The second kappa shape index (κ2) is 12.2. The Kier molecular flexibility index (Phi) is 6.74. The van der Waals surface area contributed by atoms with Crippen LogP contribution >= 0.6 is 0 Å². The summed E-state index contributed by atoms with van der Waals surface area (Å²) in [6.07, 6.45) is 0. The third-order valence-corrected chi connectivity index (χ3v) is 13.5. The fraction of sp³-hybridized carbons (Fsp3) is 0.0169. The lowest BCUT2D eigenvalue weighted by Crippen LogP contribution is -2.25. The average Bonchev–Trinajstić information content (AvgIpc) is 3.78. The molecule has 0 saturated carbocycles. The third-order valence-electron chi connectivity index (χ3n) is 13.5. The van der Waals surface area contributed by atoms with E-state index in [0.717, 1.165) is 0 Å². The number of fused-ring (bicyclic) bond motifs is 10. The minimum absolute atomic E-state index is 0.366. The molecule has 0 amide bonds. The van der Waals surface area contributed by atoms with Crippen molar-refractivity contribution in [1.82, 2.24) is 0 Å². The first-order chi connectivity index (χ1) is 29.3. The lowest BCUT2D eigenvalue weighted by molar-refractivity contribution is 0.794. The zero-order chi connectivity index (χ0) is 38.7. The molecule has 0 nitrogen and oxygen atoms in total. The topological polar surface area (TPSA) is 0 Å². The van der Waals surface area contributed by atoms with Crippen molar-refractivity contribution >= 4 is 32.3 Å². The summed E-state index contributed by atoms with van der Waals surface area (Å²) < 4.78 is 0. The summed E-state index contributed by atoms with van der Waals surface area (Å²) in [6.45, 7) is 0. The van der Waals surface area contributed by atoms with Crippen molar-refractivity contribution in [2.75, 3.05) is 0 Å². The van der Waals surface area contributed by atoms with Crippen LogP contribution in [0.5, 0.6) is 0 Å². The van der Waals surface area contributed by atoms with Gasteiger partial charge in [-0.05, 0) is 127 Å². The summed E-state index contributed by atoms with van der Waals surface area (Å²) in [7, 11) is 0. The first-order valence-electron chi connectivity index (χ1n) is 20.7. The second-order valence-corrected chi connectivity index (χ2v) is 16.3. The molecule has 0 saturated heterocycles. The molecule has 0 heterocycles. The van der Waals surface area contributed by atoms with E-state index in [2.05, 4.69) is 218 Å². The summed E-state index contributed by atoms with van der Waals surface area (Å²) in [5.74, 6) is 0. The van der Waals surface area contributed by atoms with Crippen molar-refractivity contribution in [1.29, 1.82) is 0 Å². The van der Waals surface area contributed by atoms with Gasteiger partial charge in [0.1, 0.15) is 0 Å². The molecule has 2 aliphatic rings. The Morgan fingerprint density at radius 2 is 0.576 bits per heavy atom. The van der Waals surface area contributed by atoms with Crippen molar-refractivity contribution in [3.05, 3.63) is 241 Å². The summed E-state index contributed by atoms with van der Waals surface area (Å²) in [4.78, 5) is 0. The van der Waals surface area contributed by atoms with Crippen LogP contribution < -0.4 is 0 Å². The molecule has 272 valence electrons. The van der Waals surface area contributed by atoms with Gasteiger partial charge in [0.25, 0.3) is 0 Å².